The van der Waals surface area contributed by atoms with E-state index in [0.717, 1.165) is 19.4 Å². The van der Waals surface area contributed by atoms with Gasteiger partial charge in [-0.25, -0.2) is 4.98 Å². The predicted octanol–water partition coefficient (Wildman–Crippen LogP) is 1.91. The summed E-state index contributed by atoms with van der Waals surface area (Å²) in [5, 5.41) is 3.85. The van der Waals surface area contributed by atoms with E-state index >= 15 is 0 Å². The Bertz CT molecular complexity index is 447. The van der Waals surface area contributed by atoms with Gasteiger partial charge in [0.05, 0.1) is 11.1 Å². The molecule has 2 aliphatic rings. The van der Waals surface area contributed by atoms with Gasteiger partial charge in [-0.2, -0.15) is 0 Å². The molecule has 2 heterocycles. The molecule has 0 bridgehead atoms. The Morgan fingerprint density at radius 3 is 3.00 bits per heavy atom. The Morgan fingerprint density at radius 1 is 1.47 bits per heavy atom. The minimum atomic E-state index is 0.135. The summed E-state index contributed by atoms with van der Waals surface area (Å²) in [5.74, 6) is 0.918. The highest BCUT2D eigenvalue weighted by Gasteiger charge is 2.39. The zero-order valence-corrected chi connectivity index (χ0v) is 10.2. The first-order valence-corrected chi connectivity index (χ1v) is 6.28. The second-order valence-electron chi connectivity index (χ2n) is 4.66. The minimum Gasteiger partial charge on any atom is -0.364 e. The first-order valence-electron chi connectivity index (χ1n) is 5.90. The number of hydrogen-bond donors (Lipinski definition) is 1. The lowest BCUT2D eigenvalue weighted by molar-refractivity contribution is -0.128. The molecule has 5 heteroatoms. The molecule has 1 atom stereocenters. The summed E-state index contributed by atoms with van der Waals surface area (Å²) in [5.41, 5.74) is 0. The van der Waals surface area contributed by atoms with Gasteiger partial charge in [-0.05, 0) is 25.0 Å². The molecule has 0 aromatic carbocycles. The quantitative estimate of drug-likeness (QED) is 0.893. The van der Waals surface area contributed by atoms with Gasteiger partial charge in [-0.1, -0.05) is 11.6 Å². The van der Waals surface area contributed by atoms with Crippen molar-refractivity contribution in [2.24, 2.45) is 0 Å². The van der Waals surface area contributed by atoms with E-state index in [9.17, 15) is 4.79 Å². The molecular formula is C12H14ClN3O. The summed E-state index contributed by atoms with van der Waals surface area (Å²) in [6, 6.07) is 4.22. The van der Waals surface area contributed by atoms with Crippen LogP contribution in [0.5, 0.6) is 0 Å². The lowest BCUT2D eigenvalue weighted by Gasteiger charge is -2.16. The standard InChI is InChI=1S/C12H14ClN3O/c13-10-2-1-5-14-12(10)15-8-6-11(17)16(7-8)9-3-4-9/h1-2,5,8-9H,3-4,6-7H2,(H,14,15)/t8-/m0/s1. The van der Waals surface area contributed by atoms with Gasteiger partial charge in [0.2, 0.25) is 5.91 Å². The summed E-state index contributed by atoms with van der Waals surface area (Å²) in [4.78, 5) is 17.9. The third kappa shape index (κ3) is 2.22. The molecule has 1 amide bonds. The number of likely N-dealkylation sites (tertiary alicyclic amines) is 1. The maximum atomic E-state index is 11.8. The molecule has 1 aromatic rings. The number of carbonyl (C=O) groups excluding carboxylic acids is 1. The Balaban J connectivity index is 1.67. The van der Waals surface area contributed by atoms with E-state index in [-0.39, 0.29) is 11.9 Å². The number of pyridine rings is 1. The molecule has 1 aliphatic carbocycles. The molecule has 90 valence electrons. The Hall–Kier alpha value is -1.29. The number of carbonyl (C=O) groups is 1. The van der Waals surface area contributed by atoms with Crippen LogP contribution >= 0.6 is 11.6 Å². The molecule has 2 fully saturated rings. The van der Waals surface area contributed by atoms with Gasteiger partial charge in [0.25, 0.3) is 0 Å². The molecule has 1 aliphatic heterocycles. The van der Waals surface area contributed by atoms with Crippen LogP contribution in [0.1, 0.15) is 19.3 Å². The van der Waals surface area contributed by atoms with E-state index in [1.807, 2.05) is 4.90 Å². The van der Waals surface area contributed by atoms with Gasteiger partial charge in [0.15, 0.2) is 0 Å². The van der Waals surface area contributed by atoms with Crippen molar-refractivity contribution in [1.82, 2.24) is 9.88 Å². The van der Waals surface area contributed by atoms with Crippen molar-refractivity contribution in [3.05, 3.63) is 23.4 Å². The third-order valence-corrected chi connectivity index (χ3v) is 3.55. The van der Waals surface area contributed by atoms with E-state index in [4.69, 9.17) is 11.6 Å². The average Bonchev–Trinajstić information content (AvgIpc) is 3.07. The van der Waals surface area contributed by atoms with Gasteiger partial charge < -0.3 is 10.2 Å². The number of amides is 1. The number of nitrogens with one attached hydrogen (secondary N) is 1. The fraction of sp³-hybridized carbons (Fsp3) is 0.500. The highest BCUT2D eigenvalue weighted by atomic mass is 35.5. The van der Waals surface area contributed by atoms with Crippen molar-refractivity contribution in [1.29, 1.82) is 0 Å². The van der Waals surface area contributed by atoms with E-state index in [2.05, 4.69) is 10.3 Å². The summed E-state index contributed by atoms with van der Waals surface area (Å²) in [6.07, 6.45) is 4.55. The fourth-order valence-electron chi connectivity index (χ4n) is 2.25. The number of rotatable bonds is 3. The van der Waals surface area contributed by atoms with Crippen LogP contribution in [0.4, 0.5) is 5.82 Å². The van der Waals surface area contributed by atoms with Crippen LogP contribution in [-0.2, 0) is 4.79 Å². The van der Waals surface area contributed by atoms with Crippen molar-refractivity contribution >= 4 is 23.3 Å². The maximum Gasteiger partial charge on any atom is 0.225 e. The molecule has 1 saturated heterocycles. The van der Waals surface area contributed by atoms with Crippen LogP contribution in [0.3, 0.4) is 0 Å². The Morgan fingerprint density at radius 2 is 2.29 bits per heavy atom. The number of aromatic nitrogens is 1. The molecule has 1 aromatic heterocycles. The Kier molecular flexibility index (Phi) is 2.67. The number of hydrogen-bond acceptors (Lipinski definition) is 3. The van der Waals surface area contributed by atoms with Gasteiger partial charge in [0, 0.05) is 25.2 Å². The van der Waals surface area contributed by atoms with E-state index in [1.165, 1.54) is 0 Å². The highest BCUT2D eigenvalue weighted by molar-refractivity contribution is 6.32. The topological polar surface area (TPSA) is 45.2 Å². The summed E-state index contributed by atoms with van der Waals surface area (Å²) in [6.45, 7) is 0.774. The van der Waals surface area contributed by atoms with Gasteiger partial charge in [-0.3, -0.25) is 4.79 Å². The van der Waals surface area contributed by atoms with Crippen molar-refractivity contribution in [3.63, 3.8) is 0 Å². The largest absolute Gasteiger partial charge is 0.364 e. The number of anilines is 1. The summed E-state index contributed by atoms with van der Waals surface area (Å²) in [7, 11) is 0. The van der Waals surface area contributed by atoms with Crippen molar-refractivity contribution in [2.45, 2.75) is 31.3 Å². The molecule has 17 heavy (non-hydrogen) atoms. The van der Waals surface area contributed by atoms with Crippen LogP contribution in [0, 0.1) is 0 Å². The van der Waals surface area contributed by atoms with Crippen molar-refractivity contribution in [3.8, 4) is 0 Å². The van der Waals surface area contributed by atoms with Crippen LogP contribution in [0.15, 0.2) is 18.3 Å². The lowest BCUT2D eigenvalue weighted by Crippen LogP contribution is -2.29. The second-order valence-corrected chi connectivity index (χ2v) is 5.06. The fourth-order valence-corrected chi connectivity index (χ4v) is 2.43. The highest BCUT2D eigenvalue weighted by Crippen LogP contribution is 2.31. The average molecular weight is 252 g/mol. The summed E-state index contributed by atoms with van der Waals surface area (Å²) < 4.78 is 0. The third-order valence-electron chi connectivity index (χ3n) is 3.25. The number of halogens is 1. The van der Waals surface area contributed by atoms with E-state index in [1.54, 1.807) is 18.3 Å². The first-order chi connectivity index (χ1) is 8.24. The van der Waals surface area contributed by atoms with Gasteiger partial charge in [-0.15, -0.1) is 0 Å². The predicted molar refractivity (Wildman–Crippen MR) is 66.0 cm³/mol. The molecule has 0 spiro atoms. The smallest absolute Gasteiger partial charge is 0.225 e. The zero-order chi connectivity index (χ0) is 11.8. The number of nitrogens with zero attached hydrogens (tertiary/aromatic N) is 2. The molecule has 4 nitrogen and oxygen atoms in total. The summed E-state index contributed by atoms with van der Waals surface area (Å²) >= 11 is 6.03. The molecule has 0 unspecified atom stereocenters. The van der Waals surface area contributed by atoms with Gasteiger partial charge >= 0.3 is 0 Å². The van der Waals surface area contributed by atoms with Crippen LogP contribution in [-0.4, -0.2) is 34.4 Å². The molecule has 3 rings (SSSR count). The van der Waals surface area contributed by atoms with Crippen LogP contribution in [0.25, 0.3) is 0 Å². The van der Waals surface area contributed by atoms with Crippen molar-refractivity contribution < 1.29 is 4.79 Å². The minimum absolute atomic E-state index is 0.135. The zero-order valence-electron chi connectivity index (χ0n) is 9.40. The molecular weight excluding hydrogens is 238 g/mol. The lowest BCUT2D eigenvalue weighted by atomic mass is 10.2. The first kappa shape index (κ1) is 10.8. The Labute approximate surface area is 105 Å². The SMILES string of the molecule is O=C1C[C@H](Nc2ncccc2Cl)CN1C1CC1. The molecule has 0 radical (unpaired) electrons. The second kappa shape index (κ2) is 4.18. The maximum absolute atomic E-state index is 11.8. The monoisotopic (exact) mass is 251 g/mol. The van der Waals surface area contributed by atoms with Gasteiger partial charge in [0.1, 0.15) is 5.82 Å². The van der Waals surface area contributed by atoms with Crippen molar-refractivity contribution in [2.75, 3.05) is 11.9 Å². The molecule has 1 N–H and O–H groups in total. The molecule has 1 saturated carbocycles. The van der Waals surface area contributed by atoms with E-state index < -0.39 is 0 Å². The normalized spacial score (nSPS) is 24.2. The van der Waals surface area contributed by atoms with Crippen LogP contribution < -0.4 is 5.32 Å². The van der Waals surface area contributed by atoms with Crippen LogP contribution in [0.2, 0.25) is 5.02 Å². The van der Waals surface area contributed by atoms with E-state index in [0.29, 0.717) is 23.3 Å².